The number of ether oxygens (including phenoxy) is 1. The van der Waals surface area contributed by atoms with Crippen LogP contribution in [0.3, 0.4) is 0 Å². The lowest BCUT2D eigenvalue weighted by Crippen LogP contribution is -2.41. The standard InChI is InChI=1S/C18H27BO4S/c1-11-13(19-22-17(5,6)18(7,8)23-19)9-12(10-14(11)24)15(20)21-16(2,3)4/h9-10,24H,1-8H3. The van der Waals surface area contributed by atoms with Crippen LogP contribution < -0.4 is 5.46 Å². The summed E-state index contributed by atoms with van der Waals surface area (Å²) in [4.78, 5) is 13.1. The minimum Gasteiger partial charge on any atom is -0.456 e. The molecule has 132 valence electrons. The molecule has 1 aromatic rings. The van der Waals surface area contributed by atoms with Crippen molar-refractivity contribution in [2.45, 2.75) is 77.1 Å². The Labute approximate surface area is 150 Å². The maximum Gasteiger partial charge on any atom is 0.495 e. The first-order valence-electron chi connectivity index (χ1n) is 8.16. The van der Waals surface area contributed by atoms with Gasteiger partial charge in [0.1, 0.15) is 5.60 Å². The van der Waals surface area contributed by atoms with Gasteiger partial charge in [0.15, 0.2) is 0 Å². The average Bonchev–Trinajstić information content (AvgIpc) is 2.59. The summed E-state index contributed by atoms with van der Waals surface area (Å²) in [5.74, 6) is -0.379. The molecular weight excluding hydrogens is 323 g/mol. The van der Waals surface area contributed by atoms with Gasteiger partial charge in [0, 0.05) is 4.90 Å². The molecule has 0 atom stereocenters. The van der Waals surface area contributed by atoms with Crippen LogP contribution in [-0.4, -0.2) is 29.9 Å². The molecule has 24 heavy (non-hydrogen) atoms. The van der Waals surface area contributed by atoms with Crippen LogP contribution in [0.2, 0.25) is 0 Å². The molecule has 1 saturated heterocycles. The van der Waals surface area contributed by atoms with Crippen molar-refractivity contribution in [1.29, 1.82) is 0 Å². The number of thiol groups is 1. The van der Waals surface area contributed by atoms with Gasteiger partial charge in [0.25, 0.3) is 0 Å². The molecule has 0 radical (unpaired) electrons. The van der Waals surface area contributed by atoms with E-state index in [0.29, 0.717) is 10.5 Å². The molecule has 1 heterocycles. The Morgan fingerprint density at radius 3 is 2.08 bits per heavy atom. The van der Waals surface area contributed by atoms with Gasteiger partial charge in [0.2, 0.25) is 0 Å². The van der Waals surface area contributed by atoms with Crippen LogP contribution in [0.4, 0.5) is 0 Å². The molecule has 1 aliphatic heterocycles. The smallest absolute Gasteiger partial charge is 0.456 e. The molecule has 6 heteroatoms. The molecule has 2 rings (SSSR count). The molecule has 0 saturated carbocycles. The summed E-state index contributed by atoms with van der Waals surface area (Å²) < 4.78 is 17.7. The number of rotatable bonds is 2. The summed E-state index contributed by atoms with van der Waals surface area (Å²) in [6.07, 6.45) is 0. The van der Waals surface area contributed by atoms with Crippen LogP contribution in [-0.2, 0) is 14.0 Å². The van der Waals surface area contributed by atoms with Gasteiger partial charge in [0.05, 0.1) is 16.8 Å². The van der Waals surface area contributed by atoms with E-state index in [1.165, 1.54) is 0 Å². The minimum atomic E-state index is -0.552. The van der Waals surface area contributed by atoms with Crippen LogP contribution in [0.15, 0.2) is 17.0 Å². The molecule has 0 bridgehead atoms. The fourth-order valence-electron chi connectivity index (χ4n) is 2.39. The van der Waals surface area contributed by atoms with Gasteiger partial charge in [-0.25, -0.2) is 4.79 Å². The Hall–Kier alpha value is -0.975. The third-order valence-corrected chi connectivity index (χ3v) is 5.03. The van der Waals surface area contributed by atoms with Crippen LogP contribution in [0.25, 0.3) is 0 Å². The van der Waals surface area contributed by atoms with E-state index >= 15 is 0 Å². The molecule has 0 N–H and O–H groups in total. The van der Waals surface area contributed by atoms with E-state index < -0.39 is 23.9 Å². The van der Waals surface area contributed by atoms with Crippen molar-refractivity contribution in [3.63, 3.8) is 0 Å². The normalized spacial score (nSPS) is 19.5. The first-order valence-corrected chi connectivity index (χ1v) is 8.61. The Morgan fingerprint density at radius 1 is 1.12 bits per heavy atom. The molecule has 0 unspecified atom stereocenters. The molecule has 1 aromatic carbocycles. The number of hydrogen-bond acceptors (Lipinski definition) is 5. The zero-order valence-electron chi connectivity index (χ0n) is 15.8. The first-order chi connectivity index (χ1) is 10.7. The second-order valence-corrected chi connectivity index (χ2v) is 8.78. The summed E-state index contributed by atoms with van der Waals surface area (Å²) in [6.45, 7) is 15.5. The summed E-state index contributed by atoms with van der Waals surface area (Å²) in [6, 6.07) is 3.51. The molecule has 0 aromatic heterocycles. The lowest BCUT2D eigenvalue weighted by atomic mass is 9.75. The topological polar surface area (TPSA) is 44.8 Å². The SMILES string of the molecule is Cc1c(S)cc(C(=O)OC(C)(C)C)cc1B1OC(C)(C)C(C)(C)O1. The Bertz CT molecular complexity index is 646. The molecule has 0 amide bonds. The highest BCUT2D eigenvalue weighted by Gasteiger charge is 2.52. The monoisotopic (exact) mass is 350 g/mol. The lowest BCUT2D eigenvalue weighted by molar-refractivity contribution is 0.00578. The van der Waals surface area contributed by atoms with Crippen molar-refractivity contribution in [3.05, 3.63) is 23.3 Å². The van der Waals surface area contributed by atoms with E-state index in [1.807, 2.05) is 55.4 Å². The number of esters is 1. The van der Waals surface area contributed by atoms with E-state index in [4.69, 9.17) is 14.0 Å². The summed E-state index contributed by atoms with van der Waals surface area (Å²) >= 11 is 4.50. The van der Waals surface area contributed by atoms with E-state index in [-0.39, 0.29) is 5.97 Å². The van der Waals surface area contributed by atoms with E-state index in [9.17, 15) is 4.79 Å². The number of benzene rings is 1. The summed E-state index contributed by atoms with van der Waals surface area (Å²) in [5, 5.41) is 0. The quantitative estimate of drug-likeness (QED) is 0.503. The highest BCUT2D eigenvalue weighted by atomic mass is 32.1. The maximum atomic E-state index is 12.4. The predicted molar refractivity (Wildman–Crippen MR) is 99.3 cm³/mol. The summed E-state index contributed by atoms with van der Waals surface area (Å²) in [7, 11) is -0.539. The highest BCUT2D eigenvalue weighted by molar-refractivity contribution is 7.80. The first kappa shape index (κ1) is 19.4. The van der Waals surface area contributed by atoms with Crippen LogP contribution in [0, 0.1) is 6.92 Å². The van der Waals surface area contributed by atoms with Crippen molar-refractivity contribution in [1.82, 2.24) is 0 Å². The third kappa shape index (κ3) is 3.81. The second kappa shape index (κ2) is 6.08. The molecule has 1 fully saturated rings. The molecule has 0 spiro atoms. The van der Waals surface area contributed by atoms with E-state index in [1.54, 1.807) is 12.1 Å². The van der Waals surface area contributed by atoms with Gasteiger partial charge in [-0.3, -0.25) is 0 Å². The molecular formula is C18H27BO4S. The molecule has 0 aliphatic carbocycles. The fourth-order valence-corrected chi connectivity index (χ4v) is 2.66. The zero-order chi connectivity index (χ0) is 18.5. The molecule has 4 nitrogen and oxygen atoms in total. The highest BCUT2D eigenvalue weighted by Crippen LogP contribution is 2.37. The Kier molecular flexibility index (Phi) is 4.90. The van der Waals surface area contributed by atoms with Crippen molar-refractivity contribution in [2.24, 2.45) is 0 Å². The van der Waals surface area contributed by atoms with Gasteiger partial charge in [-0.1, -0.05) is 0 Å². The van der Waals surface area contributed by atoms with E-state index in [2.05, 4.69) is 12.6 Å². The van der Waals surface area contributed by atoms with Crippen LogP contribution >= 0.6 is 12.6 Å². The van der Waals surface area contributed by atoms with Gasteiger partial charge in [-0.2, -0.15) is 0 Å². The van der Waals surface area contributed by atoms with Gasteiger partial charge < -0.3 is 14.0 Å². The van der Waals surface area contributed by atoms with E-state index in [0.717, 1.165) is 11.0 Å². The van der Waals surface area contributed by atoms with Crippen molar-refractivity contribution in [3.8, 4) is 0 Å². The number of hydrogen-bond donors (Lipinski definition) is 1. The fraction of sp³-hybridized carbons (Fsp3) is 0.611. The van der Waals surface area contributed by atoms with Crippen molar-refractivity contribution < 1.29 is 18.8 Å². The van der Waals surface area contributed by atoms with Gasteiger partial charge in [-0.15, -0.1) is 12.6 Å². The predicted octanol–water partition coefficient (Wildman–Crippen LogP) is 3.54. The lowest BCUT2D eigenvalue weighted by Gasteiger charge is -2.32. The minimum absolute atomic E-state index is 0.379. The van der Waals surface area contributed by atoms with Gasteiger partial charge in [-0.05, 0) is 78.5 Å². The second-order valence-electron chi connectivity index (χ2n) is 8.30. The molecule has 1 aliphatic rings. The van der Waals surface area contributed by atoms with Crippen molar-refractivity contribution >= 4 is 31.2 Å². The maximum absolute atomic E-state index is 12.4. The average molecular weight is 350 g/mol. The zero-order valence-corrected chi connectivity index (χ0v) is 16.7. The van der Waals surface area contributed by atoms with Crippen LogP contribution in [0.5, 0.6) is 0 Å². The Balaban J connectivity index is 2.40. The largest absolute Gasteiger partial charge is 0.495 e. The summed E-state index contributed by atoms with van der Waals surface area (Å²) in [5.41, 5.74) is 0.755. The third-order valence-electron chi connectivity index (χ3n) is 4.56. The van der Waals surface area contributed by atoms with Crippen molar-refractivity contribution in [2.75, 3.05) is 0 Å². The Morgan fingerprint density at radius 2 is 1.62 bits per heavy atom. The number of carbonyl (C=O) groups excluding carboxylic acids is 1. The number of carbonyl (C=O) groups is 1. The van der Waals surface area contributed by atoms with Gasteiger partial charge >= 0.3 is 13.1 Å². The van der Waals surface area contributed by atoms with Crippen LogP contribution in [0.1, 0.15) is 64.4 Å².